The highest BCUT2D eigenvalue weighted by atomic mass is 16.1. The second kappa shape index (κ2) is 5.92. The van der Waals surface area contributed by atoms with Gasteiger partial charge in [0.25, 0.3) is 0 Å². The molecule has 3 N–H and O–H groups in total. The van der Waals surface area contributed by atoms with E-state index in [2.05, 4.69) is 17.2 Å². The summed E-state index contributed by atoms with van der Waals surface area (Å²) in [7, 11) is 2.01. The van der Waals surface area contributed by atoms with E-state index in [1.165, 1.54) is 0 Å². The molecule has 0 atom stereocenters. The van der Waals surface area contributed by atoms with Crippen molar-refractivity contribution in [1.29, 1.82) is 0 Å². The molecular formula is C8H17N2O+. The van der Waals surface area contributed by atoms with Crippen LogP contribution in [-0.4, -0.2) is 26.0 Å². The number of amides is 1. The summed E-state index contributed by atoms with van der Waals surface area (Å²) in [5.74, 6) is -0.0406. The summed E-state index contributed by atoms with van der Waals surface area (Å²) >= 11 is 0. The lowest BCUT2D eigenvalue weighted by atomic mass is 10.3. The van der Waals surface area contributed by atoms with Crippen molar-refractivity contribution in [3.8, 4) is 0 Å². The van der Waals surface area contributed by atoms with Gasteiger partial charge in [-0.15, -0.1) is 0 Å². The van der Waals surface area contributed by atoms with Gasteiger partial charge < -0.3 is 10.6 Å². The molecule has 64 valence electrons. The smallest absolute Gasteiger partial charge is 0.246 e. The number of nitrogens with two attached hydrogens (primary N) is 1. The Hall–Kier alpha value is -0.830. The Morgan fingerprint density at radius 3 is 2.73 bits per heavy atom. The van der Waals surface area contributed by atoms with Gasteiger partial charge in [0.1, 0.15) is 0 Å². The predicted molar refractivity (Wildman–Crippen MR) is 45.2 cm³/mol. The standard InChI is InChI=1S/C8H16N2O/c1-7(2)8(11)10-6-4-5-9-3/h9H,1,4-6H2,2-3H3,(H,10,11)/p+1. The van der Waals surface area contributed by atoms with E-state index in [0.29, 0.717) is 5.57 Å². The van der Waals surface area contributed by atoms with Crippen LogP contribution in [0.1, 0.15) is 13.3 Å². The fourth-order valence-corrected chi connectivity index (χ4v) is 0.659. The Morgan fingerprint density at radius 2 is 2.27 bits per heavy atom. The number of rotatable bonds is 5. The first-order valence-corrected chi connectivity index (χ1v) is 3.90. The van der Waals surface area contributed by atoms with Gasteiger partial charge in [0.2, 0.25) is 5.91 Å². The summed E-state index contributed by atoms with van der Waals surface area (Å²) in [6.45, 7) is 7.04. The lowest BCUT2D eigenvalue weighted by Gasteiger charge is -2.01. The molecule has 0 unspecified atom stereocenters. The Kier molecular flexibility index (Phi) is 5.47. The minimum atomic E-state index is -0.0406. The molecule has 0 aliphatic heterocycles. The molecular weight excluding hydrogens is 140 g/mol. The molecule has 0 saturated heterocycles. The van der Waals surface area contributed by atoms with Gasteiger partial charge in [-0.1, -0.05) is 6.58 Å². The number of hydrogen-bond acceptors (Lipinski definition) is 1. The van der Waals surface area contributed by atoms with E-state index in [1.54, 1.807) is 6.92 Å². The fourth-order valence-electron chi connectivity index (χ4n) is 0.659. The van der Waals surface area contributed by atoms with Crippen molar-refractivity contribution in [3.05, 3.63) is 12.2 Å². The maximum absolute atomic E-state index is 10.9. The van der Waals surface area contributed by atoms with Crippen LogP contribution in [0.3, 0.4) is 0 Å². The van der Waals surface area contributed by atoms with Crippen LogP contribution >= 0.6 is 0 Å². The van der Waals surface area contributed by atoms with Gasteiger partial charge in [0.05, 0.1) is 13.6 Å². The summed E-state index contributed by atoms with van der Waals surface area (Å²) in [6, 6.07) is 0. The van der Waals surface area contributed by atoms with E-state index in [4.69, 9.17) is 0 Å². The number of nitrogens with one attached hydrogen (secondary N) is 1. The fraction of sp³-hybridized carbons (Fsp3) is 0.625. The van der Waals surface area contributed by atoms with E-state index in [0.717, 1.165) is 19.5 Å². The van der Waals surface area contributed by atoms with Crippen LogP contribution in [-0.2, 0) is 4.79 Å². The van der Waals surface area contributed by atoms with Crippen LogP contribution in [0.15, 0.2) is 12.2 Å². The van der Waals surface area contributed by atoms with E-state index < -0.39 is 0 Å². The minimum Gasteiger partial charge on any atom is -0.352 e. The largest absolute Gasteiger partial charge is 0.352 e. The maximum atomic E-state index is 10.9. The second-order valence-electron chi connectivity index (χ2n) is 2.59. The first kappa shape index (κ1) is 10.2. The second-order valence-corrected chi connectivity index (χ2v) is 2.59. The molecule has 0 spiro atoms. The van der Waals surface area contributed by atoms with Crippen molar-refractivity contribution >= 4 is 5.91 Å². The first-order chi connectivity index (χ1) is 5.18. The van der Waals surface area contributed by atoms with Crippen LogP contribution in [0.2, 0.25) is 0 Å². The molecule has 1 amide bonds. The number of quaternary nitrogens is 1. The topological polar surface area (TPSA) is 45.7 Å². The van der Waals surface area contributed by atoms with Gasteiger partial charge in [0, 0.05) is 18.5 Å². The Morgan fingerprint density at radius 1 is 1.64 bits per heavy atom. The van der Waals surface area contributed by atoms with Crippen LogP contribution in [0.25, 0.3) is 0 Å². The Labute approximate surface area is 67.9 Å². The van der Waals surface area contributed by atoms with Crippen molar-refractivity contribution < 1.29 is 10.1 Å². The van der Waals surface area contributed by atoms with E-state index in [-0.39, 0.29) is 5.91 Å². The summed E-state index contributed by atoms with van der Waals surface area (Å²) in [5.41, 5.74) is 0.575. The van der Waals surface area contributed by atoms with Gasteiger partial charge in [-0.05, 0) is 6.92 Å². The molecule has 0 aliphatic rings. The molecule has 0 aromatic rings. The summed E-state index contributed by atoms with van der Waals surface area (Å²) in [6.07, 6.45) is 1.01. The molecule has 3 heteroatoms. The van der Waals surface area contributed by atoms with E-state index in [9.17, 15) is 4.79 Å². The zero-order chi connectivity index (χ0) is 8.69. The van der Waals surface area contributed by atoms with Crippen molar-refractivity contribution in [3.63, 3.8) is 0 Å². The molecule has 0 radical (unpaired) electrons. The zero-order valence-corrected chi connectivity index (χ0v) is 7.31. The maximum Gasteiger partial charge on any atom is 0.246 e. The highest BCUT2D eigenvalue weighted by Crippen LogP contribution is 1.84. The first-order valence-electron chi connectivity index (χ1n) is 3.90. The predicted octanol–water partition coefficient (Wildman–Crippen LogP) is -0.738. The number of hydrogen-bond donors (Lipinski definition) is 2. The quantitative estimate of drug-likeness (QED) is 0.401. The third-order valence-corrected chi connectivity index (χ3v) is 1.34. The van der Waals surface area contributed by atoms with Gasteiger partial charge in [0.15, 0.2) is 0 Å². The van der Waals surface area contributed by atoms with Gasteiger partial charge in [-0.2, -0.15) is 0 Å². The van der Waals surface area contributed by atoms with Crippen LogP contribution in [0, 0.1) is 0 Å². The van der Waals surface area contributed by atoms with Gasteiger partial charge in [-0.3, -0.25) is 4.79 Å². The van der Waals surface area contributed by atoms with Crippen LogP contribution < -0.4 is 10.6 Å². The third-order valence-electron chi connectivity index (χ3n) is 1.34. The zero-order valence-electron chi connectivity index (χ0n) is 7.31. The Balaban J connectivity index is 3.25. The van der Waals surface area contributed by atoms with Crippen LogP contribution in [0.4, 0.5) is 0 Å². The molecule has 0 saturated carbocycles. The average Bonchev–Trinajstić information content (AvgIpc) is 1.97. The highest BCUT2D eigenvalue weighted by Gasteiger charge is 1.98. The van der Waals surface area contributed by atoms with E-state index in [1.807, 2.05) is 7.05 Å². The summed E-state index contributed by atoms with van der Waals surface area (Å²) in [5, 5.41) is 4.85. The van der Waals surface area contributed by atoms with Crippen molar-refractivity contribution in [1.82, 2.24) is 5.32 Å². The summed E-state index contributed by atoms with van der Waals surface area (Å²) in [4.78, 5) is 10.9. The van der Waals surface area contributed by atoms with Crippen LogP contribution in [0.5, 0.6) is 0 Å². The van der Waals surface area contributed by atoms with Crippen molar-refractivity contribution in [2.45, 2.75) is 13.3 Å². The van der Waals surface area contributed by atoms with Gasteiger partial charge in [-0.25, -0.2) is 0 Å². The molecule has 0 aromatic carbocycles. The Bertz CT molecular complexity index is 143. The minimum absolute atomic E-state index is 0.0406. The molecule has 0 aromatic heterocycles. The molecule has 0 aliphatic carbocycles. The van der Waals surface area contributed by atoms with Gasteiger partial charge >= 0.3 is 0 Å². The third kappa shape index (κ3) is 5.61. The normalized spacial score (nSPS) is 9.27. The SMILES string of the molecule is C=C(C)C(=O)NCCC[NH2+]C. The number of carbonyl (C=O) groups is 1. The lowest BCUT2D eigenvalue weighted by Crippen LogP contribution is -2.79. The molecule has 0 fully saturated rings. The highest BCUT2D eigenvalue weighted by molar-refractivity contribution is 5.91. The van der Waals surface area contributed by atoms with E-state index >= 15 is 0 Å². The average molecular weight is 157 g/mol. The molecule has 0 heterocycles. The van der Waals surface area contributed by atoms with Crippen molar-refractivity contribution in [2.24, 2.45) is 0 Å². The summed E-state index contributed by atoms with van der Waals surface area (Å²) < 4.78 is 0. The monoisotopic (exact) mass is 157 g/mol. The van der Waals surface area contributed by atoms with Crippen molar-refractivity contribution in [2.75, 3.05) is 20.1 Å². The molecule has 11 heavy (non-hydrogen) atoms. The molecule has 0 rings (SSSR count). The molecule has 3 nitrogen and oxygen atoms in total. The molecule has 0 bridgehead atoms. The lowest BCUT2D eigenvalue weighted by molar-refractivity contribution is -0.626. The number of carbonyl (C=O) groups excluding carboxylic acids is 1.